The van der Waals surface area contributed by atoms with Crippen molar-refractivity contribution in [2.45, 2.75) is 20.4 Å². The Morgan fingerprint density at radius 2 is 1.43 bits per heavy atom. The van der Waals surface area contributed by atoms with E-state index in [9.17, 15) is 0 Å². The van der Waals surface area contributed by atoms with Gasteiger partial charge in [0.25, 0.3) is 0 Å². The Morgan fingerprint density at radius 1 is 0.821 bits per heavy atom. The van der Waals surface area contributed by atoms with E-state index in [2.05, 4.69) is 54.8 Å². The Labute approximate surface area is 175 Å². The van der Waals surface area contributed by atoms with Gasteiger partial charge >= 0.3 is 0 Å². The van der Waals surface area contributed by atoms with Crippen LogP contribution in [0.4, 0.5) is 0 Å². The maximum absolute atomic E-state index is 6.05. The molecule has 0 fully saturated rings. The summed E-state index contributed by atoms with van der Waals surface area (Å²) >= 11 is 12.0. The average Bonchev–Trinajstić information content (AvgIpc) is 3.00. The van der Waals surface area contributed by atoms with Gasteiger partial charge in [-0.2, -0.15) is 0 Å². The van der Waals surface area contributed by atoms with E-state index in [1.54, 1.807) is 0 Å². The Morgan fingerprint density at radius 3 is 2.11 bits per heavy atom. The summed E-state index contributed by atoms with van der Waals surface area (Å²) < 4.78 is 2.25. The lowest BCUT2D eigenvalue weighted by Gasteiger charge is -2.09. The number of imidazole rings is 1. The van der Waals surface area contributed by atoms with Crippen LogP contribution in [0.5, 0.6) is 0 Å². The van der Waals surface area contributed by atoms with E-state index in [1.807, 2.05) is 36.4 Å². The highest BCUT2D eigenvalue weighted by atomic mass is 35.5. The predicted octanol–water partition coefficient (Wildman–Crippen LogP) is 7.18. The summed E-state index contributed by atoms with van der Waals surface area (Å²) in [6, 6.07) is 20.1. The molecular weight excluding hydrogens is 387 g/mol. The molecule has 0 saturated heterocycles. The van der Waals surface area contributed by atoms with Gasteiger partial charge < -0.3 is 4.57 Å². The van der Waals surface area contributed by atoms with E-state index in [4.69, 9.17) is 28.2 Å². The van der Waals surface area contributed by atoms with Crippen LogP contribution in [0.2, 0.25) is 10.0 Å². The van der Waals surface area contributed by atoms with Crippen molar-refractivity contribution in [1.29, 1.82) is 0 Å². The summed E-state index contributed by atoms with van der Waals surface area (Å²) in [5.74, 6) is 0.921. The zero-order valence-electron chi connectivity index (χ0n) is 15.8. The summed E-state index contributed by atoms with van der Waals surface area (Å²) in [5.41, 5.74) is 6.92. The highest BCUT2D eigenvalue weighted by Gasteiger charge is 2.11. The summed E-state index contributed by atoms with van der Waals surface area (Å²) in [6.07, 6.45) is 4.12. The van der Waals surface area contributed by atoms with E-state index in [-0.39, 0.29) is 0 Å². The summed E-state index contributed by atoms with van der Waals surface area (Å²) in [6.45, 7) is 4.99. The van der Waals surface area contributed by atoms with Crippen molar-refractivity contribution in [3.05, 3.63) is 98.8 Å². The van der Waals surface area contributed by atoms with Gasteiger partial charge in [-0.05, 0) is 78.6 Å². The van der Waals surface area contributed by atoms with Crippen molar-refractivity contribution in [2.24, 2.45) is 0 Å². The maximum atomic E-state index is 6.05. The topological polar surface area (TPSA) is 17.8 Å². The van der Waals surface area contributed by atoms with Crippen LogP contribution in [0.3, 0.4) is 0 Å². The Kier molecular flexibility index (Phi) is 5.25. The van der Waals surface area contributed by atoms with Crippen LogP contribution in [0.25, 0.3) is 23.2 Å². The van der Waals surface area contributed by atoms with Gasteiger partial charge in [0.2, 0.25) is 0 Å². The summed E-state index contributed by atoms with van der Waals surface area (Å²) in [4.78, 5) is 4.88. The lowest BCUT2D eigenvalue weighted by Crippen LogP contribution is -2.02. The van der Waals surface area contributed by atoms with Crippen molar-refractivity contribution in [2.75, 3.05) is 0 Å². The highest BCUT2D eigenvalue weighted by molar-refractivity contribution is 6.30. The molecule has 0 bridgehead atoms. The van der Waals surface area contributed by atoms with Crippen molar-refractivity contribution < 1.29 is 0 Å². The smallest absolute Gasteiger partial charge is 0.134 e. The van der Waals surface area contributed by atoms with E-state index in [0.717, 1.165) is 39.0 Å². The molecule has 28 heavy (non-hydrogen) atoms. The molecule has 0 amide bonds. The molecule has 0 atom stereocenters. The molecule has 1 aromatic heterocycles. The molecule has 3 aromatic carbocycles. The van der Waals surface area contributed by atoms with E-state index in [1.165, 1.54) is 16.7 Å². The number of hydrogen-bond donors (Lipinski definition) is 0. The number of rotatable bonds is 4. The number of fused-ring (bicyclic) bond motifs is 1. The lowest BCUT2D eigenvalue weighted by molar-refractivity contribution is 0.813. The van der Waals surface area contributed by atoms with Crippen molar-refractivity contribution in [1.82, 2.24) is 9.55 Å². The van der Waals surface area contributed by atoms with Crippen LogP contribution < -0.4 is 0 Å². The van der Waals surface area contributed by atoms with Crippen LogP contribution in [0, 0.1) is 13.8 Å². The van der Waals surface area contributed by atoms with Crippen LogP contribution in [-0.4, -0.2) is 9.55 Å². The molecular formula is C24H20Cl2N2. The van der Waals surface area contributed by atoms with Gasteiger partial charge in [0.05, 0.1) is 11.0 Å². The highest BCUT2D eigenvalue weighted by Crippen LogP contribution is 2.24. The third-order valence-electron chi connectivity index (χ3n) is 4.94. The largest absolute Gasteiger partial charge is 0.320 e. The molecule has 4 heteroatoms. The Balaban J connectivity index is 1.79. The molecule has 0 aliphatic heterocycles. The molecule has 140 valence electrons. The molecule has 0 N–H and O–H groups in total. The molecule has 0 spiro atoms. The number of benzene rings is 3. The second kappa shape index (κ2) is 7.83. The zero-order valence-corrected chi connectivity index (χ0v) is 17.3. The first-order valence-electron chi connectivity index (χ1n) is 9.15. The van der Waals surface area contributed by atoms with Gasteiger partial charge in [0, 0.05) is 16.6 Å². The minimum Gasteiger partial charge on any atom is -0.320 e. The van der Waals surface area contributed by atoms with Gasteiger partial charge in [-0.3, -0.25) is 0 Å². The standard InChI is InChI=1S/C24H20Cl2N2/c1-16-13-22-23(14-17(16)2)28(15-19-5-10-21(26)11-6-19)24(27-22)12-7-18-3-8-20(25)9-4-18/h3-14H,15H2,1-2H3. The molecule has 2 nitrogen and oxygen atoms in total. The first-order chi connectivity index (χ1) is 13.5. The van der Waals surface area contributed by atoms with E-state index >= 15 is 0 Å². The van der Waals surface area contributed by atoms with Crippen molar-refractivity contribution in [3.8, 4) is 0 Å². The maximum Gasteiger partial charge on any atom is 0.134 e. The molecule has 4 rings (SSSR count). The fraction of sp³-hybridized carbons (Fsp3) is 0.125. The fourth-order valence-electron chi connectivity index (χ4n) is 3.21. The normalized spacial score (nSPS) is 11.6. The fourth-order valence-corrected chi connectivity index (χ4v) is 3.46. The lowest BCUT2D eigenvalue weighted by atomic mass is 10.1. The third kappa shape index (κ3) is 3.99. The summed E-state index contributed by atoms with van der Waals surface area (Å²) in [7, 11) is 0. The third-order valence-corrected chi connectivity index (χ3v) is 5.45. The SMILES string of the molecule is Cc1cc2nc(C=Cc3ccc(Cl)cc3)n(Cc3ccc(Cl)cc3)c2cc1C. The van der Waals surface area contributed by atoms with Gasteiger partial charge in [-0.25, -0.2) is 4.98 Å². The van der Waals surface area contributed by atoms with Crippen molar-refractivity contribution in [3.63, 3.8) is 0 Å². The van der Waals surface area contributed by atoms with Gasteiger partial charge in [0.15, 0.2) is 0 Å². The van der Waals surface area contributed by atoms with Gasteiger partial charge in [-0.1, -0.05) is 53.5 Å². The zero-order chi connectivity index (χ0) is 19.7. The predicted molar refractivity (Wildman–Crippen MR) is 120 cm³/mol. The number of halogens is 2. The second-order valence-electron chi connectivity index (χ2n) is 6.99. The minimum absolute atomic E-state index is 0.733. The average molecular weight is 407 g/mol. The number of aromatic nitrogens is 2. The van der Waals surface area contributed by atoms with Crippen LogP contribution in [0.1, 0.15) is 28.1 Å². The van der Waals surface area contributed by atoms with Crippen LogP contribution in [0.15, 0.2) is 60.7 Å². The van der Waals surface area contributed by atoms with Crippen LogP contribution >= 0.6 is 23.2 Å². The molecule has 0 radical (unpaired) electrons. The van der Waals surface area contributed by atoms with Crippen LogP contribution in [-0.2, 0) is 6.54 Å². The number of aryl methyl sites for hydroxylation is 2. The Hall–Kier alpha value is -2.55. The summed E-state index contributed by atoms with van der Waals surface area (Å²) in [5, 5.41) is 1.48. The molecule has 0 aliphatic carbocycles. The van der Waals surface area contributed by atoms with E-state index in [0.29, 0.717) is 0 Å². The molecule has 0 saturated carbocycles. The number of hydrogen-bond acceptors (Lipinski definition) is 1. The van der Waals surface area contributed by atoms with Gasteiger partial charge in [-0.15, -0.1) is 0 Å². The van der Waals surface area contributed by atoms with E-state index < -0.39 is 0 Å². The minimum atomic E-state index is 0.733. The van der Waals surface area contributed by atoms with Gasteiger partial charge in [0.1, 0.15) is 5.82 Å². The second-order valence-corrected chi connectivity index (χ2v) is 7.87. The monoisotopic (exact) mass is 406 g/mol. The first-order valence-corrected chi connectivity index (χ1v) is 9.91. The van der Waals surface area contributed by atoms with Crippen molar-refractivity contribution >= 4 is 46.4 Å². The Bertz CT molecular complexity index is 1150. The molecule has 1 heterocycles. The quantitative estimate of drug-likeness (QED) is 0.350. The molecule has 0 unspecified atom stereocenters. The first kappa shape index (κ1) is 18.8. The molecule has 4 aromatic rings. The number of nitrogens with zero attached hydrogens (tertiary/aromatic N) is 2. The molecule has 0 aliphatic rings.